The highest BCUT2D eigenvalue weighted by Crippen LogP contribution is 2.30. The number of aromatic amines is 1. The molecule has 20 heavy (non-hydrogen) atoms. The van der Waals surface area contributed by atoms with Gasteiger partial charge in [0.25, 0.3) is 0 Å². The van der Waals surface area contributed by atoms with Gasteiger partial charge in [0, 0.05) is 6.54 Å². The van der Waals surface area contributed by atoms with Gasteiger partial charge in [-0.1, -0.05) is 34.1 Å². The molecule has 2 aromatic rings. The van der Waals surface area contributed by atoms with Gasteiger partial charge in [-0.05, 0) is 31.0 Å². The van der Waals surface area contributed by atoms with Crippen LogP contribution in [0.5, 0.6) is 0 Å². The van der Waals surface area contributed by atoms with Gasteiger partial charge in [-0.3, -0.25) is 9.67 Å². The fourth-order valence-electron chi connectivity index (χ4n) is 2.16. The van der Waals surface area contributed by atoms with Crippen LogP contribution < -0.4 is 0 Å². The van der Waals surface area contributed by atoms with Crippen LogP contribution >= 0.6 is 23.6 Å². The first-order valence-corrected chi connectivity index (χ1v) is 8.43. The van der Waals surface area contributed by atoms with E-state index in [0.29, 0.717) is 10.7 Å². The number of hydrogen-bond donors (Lipinski definition) is 1. The second kappa shape index (κ2) is 6.63. The third kappa shape index (κ3) is 3.17. The van der Waals surface area contributed by atoms with E-state index in [-0.39, 0.29) is 0 Å². The number of H-pyrrole nitrogens is 1. The van der Waals surface area contributed by atoms with Gasteiger partial charge < -0.3 is 0 Å². The second-order valence-electron chi connectivity index (χ2n) is 5.34. The normalized spacial score (nSPS) is 11.4. The molecule has 0 radical (unpaired) electrons. The van der Waals surface area contributed by atoms with Crippen LogP contribution in [0.15, 0.2) is 0 Å². The van der Waals surface area contributed by atoms with Crippen LogP contribution in [0.25, 0.3) is 10.7 Å². The lowest BCUT2D eigenvalue weighted by Gasteiger charge is -2.08. The van der Waals surface area contributed by atoms with Gasteiger partial charge in [-0.15, -0.1) is 11.3 Å². The van der Waals surface area contributed by atoms with Crippen molar-refractivity contribution in [1.29, 1.82) is 0 Å². The molecule has 0 unspecified atom stereocenters. The Labute approximate surface area is 129 Å². The van der Waals surface area contributed by atoms with E-state index in [1.54, 1.807) is 11.3 Å². The summed E-state index contributed by atoms with van der Waals surface area (Å²) in [6, 6.07) is 0. The van der Waals surface area contributed by atoms with Gasteiger partial charge in [0.15, 0.2) is 10.6 Å². The molecule has 2 rings (SSSR count). The van der Waals surface area contributed by atoms with Crippen LogP contribution in [0.1, 0.15) is 44.8 Å². The zero-order valence-corrected chi connectivity index (χ0v) is 14.2. The predicted molar refractivity (Wildman–Crippen MR) is 86.7 cm³/mol. The summed E-state index contributed by atoms with van der Waals surface area (Å²) in [7, 11) is 0. The van der Waals surface area contributed by atoms with Gasteiger partial charge in [0.1, 0.15) is 0 Å². The minimum absolute atomic E-state index is 0.534. The monoisotopic (exact) mass is 310 g/mol. The van der Waals surface area contributed by atoms with E-state index in [0.717, 1.165) is 37.3 Å². The maximum atomic E-state index is 5.36. The lowest BCUT2D eigenvalue weighted by atomic mass is 10.2. The number of aryl methyl sites for hydroxylation is 2. The lowest BCUT2D eigenvalue weighted by Crippen LogP contribution is -2.06. The zero-order valence-electron chi connectivity index (χ0n) is 12.6. The van der Waals surface area contributed by atoms with Crippen LogP contribution in [0.4, 0.5) is 0 Å². The molecule has 2 heterocycles. The van der Waals surface area contributed by atoms with E-state index < -0.39 is 0 Å². The highest BCUT2D eigenvalue weighted by atomic mass is 32.1. The first-order valence-electron chi connectivity index (χ1n) is 7.20. The van der Waals surface area contributed by atoms with Gasteiger partial charge in [-0.25, -0.2) is 4.98 Å². The van der Waals surface area contributed by atoms with E-state index in [1.165, 1.54) is 9.88 Å². The average Bonchev–Trinajstić information content (AvgIpc) is 2.95. The van der Waals surface area contributed by atoms with Crippen molar-refractivity contribution in [3.05, 3.63) is 15.5 Å². The smallest absolute Gasteiger partial charge is 0.195 e. The number of rotatable bonds is 6. The molecule has 0 bridgehead atoms. The fourth-order valence-corrected chi connectivity index (χ4v) is 3.41. The summed E-state index contributed by atoms with van der Waals surface area (Å²) in [5, 5.41) is 8.55. The Hall–Kier alpha value is -1.01. The first-order chi connectivity index (χ1) is 9.56. The standard InChI is InChI=1S/C14H22N4S2/c1-5-7-10-12(20-11(6-2)15-10)13-16-17-14(19)18(13)8-9(3)4/h9H,5-8H2,1-4H3,(H,17,19). The average molecular weight is 310 g/mol. The van der Waals surface area contributed by atoms with Crippen molar-refractivity contribution in [3.63, 3.8) is 0 Å². The Balaban J connectivity index is 2.50. The Kier molecular flexibility index (Phi) is 5.10. The molecule has 0 aromatic carbocycles. The van der Waals surface area contributed by atoms with Crippen molar-refractivity contribution in [3.8, 4) is 10.7 Å². The summed E-state index contributed by atoms with van der Waals surface area (Å²) in [4.78, 5) is 5.92. The third-order valence-electron chi connectivity index (χ3n) is 3.04. The molecule has 0 aliphatic carbocycles. The summed E-state index contributed by atoms with van der Waals surface area (Å²) in [5.74, 6) is 1.48. The molecular formula is C14H22N4S2. The topological polar surface area (TPSA) is 46.5 Å². The molecule has 2 aromatic heterocycles. The third-order valence-corrected chi connectivity index (χ3v) is 4.59. The molecule has 0 fully saturated rings. The van der Waals surface area contributed by atoms with E-state index in [2.05, 4.69) is 42.5 Å². The van der Waals surface area contributed by atoms with E-state index in [4.69, 9.17) is 17.2 Å². The molecule has 0 spiro atoms. The summed E-state index contributed by atoms with van der Waals surface area (Å²) in [6.07, 6.45) is 3.05. The molecule has 0 saturated heterocycles. The van der Waals surface area contributed by atoms with Crippen molar-refractivity contribution < 1.29 is 0 Å². The van der Waals surface area contributed by atoms with Gasteiger partial charge in [0.05, 0.1) is 15.6 Å². The Bertz CT molecular complexity index is 621. The van der Waals surface area contributed by atoms with Crippen molar-refractivity contribution in [2.24, 2.45) is 5.92 Å². The van der Waals surface area contributed by atoms with Crippen LogP contribution in [0.3, 0.4) is 0 Å². The number of nitrogens with one attached hydrogen (secondary N) is 1. The van der Waals surface area contributed by atoms with E-state index in [9.17, 15) is 0 Å². The van der Waals surface area contributed by atoms with Crippen LogP contribution in [-0.2, 0) is 19.4 Å². The minimum Gasteiger partial charge on any atom is -0.299 e. The molecule has 0 saturated carbocycles. The SMILES string of the molecule is CCCc1nc(CC)sc1-c1n[nH]c(=S)n1CC(C)C. The molecule has 6 heteroatoms. The molecule has 110 valence electrons. The Morgan fingerprint density at radius 1 is 1.35 bits per heavy atom. The van der Waals surface area contributed by atoms with Crippen molar-refractivity contribution in [1.82, 2.24) is 19.7 Å². The highest BCUT2D eigenvalue weighted by molar-refractivity contribution is 7.71. The van der Waals surface area contributed by atoms with Crippen LogP contribution in [0.2, 0.25) is 0 Å². The lowest BCUT2D eigenvalue weighted by molar-refractivity contribution is 0.521. The first kappa shape index (κ1) is 15.4. The Morgan fingerprint density at radius 3 is 2.70 bits per heavy atom. The fraction of sp³-hybridized carbons (Fsp3) is 0.643. The molecule has 0 amide bonds. The van der Waals surface area contributed by atoms with E-state index in [1.807, 2.05) is 0 Å². The molecule has 4 nitrogen and oxygen atoms in total. The summed E-state index contributed by atoms with van der Waals surface area (Å²) >= 11 is 7.11. The number of thiazole rings is 1. The number of hydrogen-bond acceptors (Lipinski definition) is 4. The van der Waals surface area contributed by atoms with Crippen LogP contribution in [-0.4, -0.2) is 19.7 Å². The van der Waals surface area contributed by atoms with Crippen molar-refractivity contribution >= 4 is 23.6 Å². The summed E-state index contributed by atoms with van der Waals surface area (Å²) < 4.78 is 2.80. The number of nitrogens with zero attached hydrogens (tertiary/aromatic N) is 3. The molecular weight excluding hydrogens is 288 g/mol. The predicted octanol–water partition coefficient (Wildman–Crippen LogP) is 4.24. The summed E-state index contributed by atoms with van der Waals surface area (Å²) in [5.41, 5.74) is 1.16. The zero-order chi connectivity index (χ0) is 14.7. The number of aromatic nitrogens is 4. The quantitative estimate of drug-likeness (QED) is 0.812. The second-order valence-corrected chi connectivity index (χ2v) is 6.81. The van der Waals surface area contributed by atoms with Gasteiger partial charge in [-0.2, -0.15) is 5.10 Å². The van der Waals surface area contributed by atoms with Crippen LogP contribution in [0, 0.1) is 10.7 Å². The van der Waals surface area contributed by atoms with E-state index >= 15 is 0 Å². The highest BCUT2D eigenvalue weighted by Gasteiger charge is 2.18. The molecule has 0 aliphatic rings. The maximum Gasteiger partial charge on any atom is 0.195 e. The molecule has 0 atom stereocenters. The molecule has 0 aliphatic heterocycles. The van der Waals surface area contributed by atoms with Crippen molar-refractivity contribution in [2.45, 2.75) is 53.5 Å². The minimum atomic E-state index is 0.534. The van der Waals surface area contributed by atoms with Crippen molar-refractivity contribution in [2.75, 3.05) is 0 Å². The Morgan fingerprint density at radius 2 is 2.10 bits per heavy atom. The van der Waals surface area contributed by atoms with Gasteiger partial charge in [0.2, 0.25) is 0 Å². The summed E-state index contributed by atoms with van der Waals surface area (Å²) in [6.45, 7) is 9.59. The largest absolute Gasteiger partial charge is 0.299 e. The molecule has 1 N–H and O–H groups in total. The maximum absolute atomic E-state index is 5.36. The van der Waals surface area contributed by atoms with Gasteiger partial charge >= 0.3 is 0 Å².